The first-order valence-electron chi connectivity index (χ1n) is 6.43. The molecule has 3 rings (SSSR count). The minimum atomic E-state index is -4.46. The van der Waals surface area contributed by atoms with E-state index in [4.69, 9.17) is 5.73 Å². The summed E-state index contributed by atoms with van der Waals surface area (Å²) in [4.78, 5) is 1.81. The molecule has 0 radical (unpaired) electrons. The summed E-state index contributed by atoms with van der Waals surface area (Å²) in [6, 6.07) is 7.81. The van der Waals surface area contributed by atoms with Gasteiger partial charge in [0.15, 0.2) is 0 Å². The summed E-state index contributed by atoms with van der Waals surface area (Å²) in [6.07, 6.45) is -3.75. The van der Waals surface area contributed by atoms with E-state index in [-0.39, 0.29) is 11.2 Å². The Morgan fingerprint density at radius 2 is 1.95 bits per heavy atom. The number of hydrogen-bond donors (Lipinski definition) is 1. The van der Waals surface area contributed by atoms with E-state index in [0.29, 0.717) is 30.8 Å². The summed E-state index contributed by atoms with van der Waals surface area (Å²) < 4.78 is 38.0. The highest BCUT2D eigenvalue weighted by Crippen LogP contribution is 2.36. The van der Waals surface area contributed by atoms with Gasteiger partial charge < -0.3 is 10.6 Å². The zero-order valence-corrected chi connectivity index (χ0v) is 11.8. The largest absolute Gasteiger partial charge is 0.445 e. The van der Waals surface area contributed by atoms with Gasteiger partial charge in [-0.05, 0) is 17.5 Å². The lowest BCUT2D eigenvalue weighted by atomic mass is 9.94. The molecule has 1 aromatic heterocycles. The minimum absolute atomic E-state index is 0.0612. The normalized spacial score (nSPS) is 18.7. The van der Waals surface area contributed by atoms with Crippen LogP contribution in [-0.4, -0.2) is 22.8 Å². The highest BCUT2D eigenvalue weighted by atomic mass is 32.1. The summed E-state index contributed by atoms with van der Waals surface area (Å²) in [5.41, 5.74) is 8.05. The summed E-state index contributed by atoms with van der Waals surface area (Å²) in [5, 5.41) is 6.29. The van der Waals surface area contributed by atoms with E-state index in [1.54, 1.807) is 0 Å². The number of rotatable bonds is 2. The topological polar surface area (TPSA) is 55.0 Å². The van der Waals surface area contributed by atoms with Crippen LogP contribution in [0.1, 0.15) is 16.1 Å². The van der Waals surface area contributed by atoms with Crippen LogP contribution in [0.2, 0.25) is 0 Å². The molecule has 0 saturated carbocycles. The molecule has 2 aromatic rings. The third-order valence-corrected chi connectivity index (χ3v) is 4.54. The van der Waals surface area contributed by atoms with Crippen LogP contribution in [0.3, 0.4) is 0 Å². The lowest BCUT2D eigenvalue weighted by Crippen LogP contribution is -2.45. The predicted octanol–water partition coefficient (Wildman–Crippen LogP) is 2.45. The number of anilines is 1. The molecule has 1 aliphatic heterocycles. The molecule has 0 bridgehead atoms. The van der Waals surface area contributed by atoms with Crippen LogP contribution in [0.5, 0.6) is 0 Å². The van der Waals surface area contributed by atoms with Crippen molar-refractivity contribution in [3.8, 4) is 0 Å². The van der Waals surface area contributed by atoms with Gasteiger partial charge in [0.25, 0.3) is 0 Å². The van der Waals surface area contributed by atoms with Crippen molar-refractivity contribution in [1.82, 2.24) is 10.2 Å². The summed E-state index contributed by atoms with van der Waals surface area (Å²) in [7, 11) is 0. The Morgan fingerprint density at radius 1 is 1.24 bits per heavy atom. The zero-order chi connectivity index (χ0) is 15.0. The van der Waals surface area contributed by atoms with Gasteiger partial charge in [0, 0.05) is 19.1 Å². The Bertz CT molecular complexity index is 640. The lowest BCUT2D eigenvalue weighted by molar-refractivity contribution is -0.138. The molecule has 2 heterocycles. The Kier molecular flexibility index (Phi) is 3.58. The van der Waals surface area contributed by atoms with Crippen LogP contribution in [0.15, 0.2) is 24.3 Å². The van der Waals surface area contributed by atoms with Gasteiger partial charge in [-0.15, -0.1) is 10.2 Å². The summed E-state index contributed by atoms with van der Waals surface area (Å²) in [5.74, 6) is 0. The van der Waals surface area contributed by atoms with Gasteiger partial charge >= 0.3 is 6.18 Å². The molecule has 0 spiro atoms. The van der Waals surface area contributed by atoms with Crippen LogP contribution in [-0.2, 0) is 19.1 Å². The van der Waals surface area contributed by atoms with Crippen molar-refractivity contribution in [2.24, 2.45) is 5.73 Å². The number of nitrogens with two attached hydrogens (primary N) is 1. The molecule has 0 saturated heterocycles. The van der Waals surface area contributed by atoms with Crippen LogP contribution in [0.25, 0.3) is 0 Å². The number of fused-ring (bicyclic) bond motifs is 1. The monoisotopic (exact) mass is 314 g/mol. The molecule has 1 unspecified atom stereocenters. The first kappa shape index (κ1) is 14.3. The SMILES string of the molecule is NCC1Cc2ccccc2CN1c1nnc(C(F)(F)F)s1. The molecule has 1 aliphatic rings. The quantitative estimate of drug-likeness (QED) is 0.925. The number of halogens is 3. The minimum Gasteiger partial charge on any atom is -0.338 e. The molecule has 0 fully saturated rings. The van der Waals surface area contributed by atoms with E-state index < -0.39 is 11.2 Å². The maximum absolute atomic E-state index is 12.7. The lowest BCUT2D eigenvalue weighted by Gasteiger charge is -2.35. The molecule has 2 N–H and O–H groups in total. The smallest absolute Gasteiger partial charge is 0.338 e. The first-order valence-corrected chi connectivity index (χ1v) is 7.25. The molecular weight excluding hydrogens is 301 g/mol. The fourth-order valence-electron chi connectivity index (χ4n) is 2.47. The van der Waals surface area contributed by atoms with Crippen LogP contribution in [0.4, 0.5) is 18.3 Å². The molecule has 112 valence electrons. The highest BCUT2D eigenvalue weighted by Gasteiger charge is 2.37. The standard InChI is InChI=1S/C13H13F3N4S/c14-13(15,16)11-18-19-12(21-11)20-7-9-4-2-1-3-8(9)5-10(20)6-17/h1-4,10H,5-7,17H2. The molecule has 4 nitrogen and oxygen atoms in total. The number of alkyl halides is 3. The Labute approximate surface area is 123 Å². The van der Waals surface area contributed by atoms with Gasteiger partial charge in [0.1, 0.15) is 0 Å². The van der Waals surface area contributed by atoms with Gasteiger partial charge in [-0.1, -0.05) is 35.6 Å². The highest BCUT2D eigenvalue weighted by molar-refractivity contribution is 7.15. The molecule has 1 aromatic carbocycles. The van der Waals surface area contributed by atoms with Gasteiger partial charge in [-0.2, -0.15) is 13.2 Å². The number of hydrogen-bond acceptors (Lipinski definition) is 5. The molecule has 0 aliphatic carbocycles. The Balaban J connectivity index is 1.92. The maximum Gasteiger partial charge on any atom is 0.445 e. The number of aromatic nitrogens is 2. The maximum atomic E-state index is 12.7. The average molecular weight is 314 g/mol. The van der Waals surface area contributed by atoms with Crippen molar-refractivity contribution >= 4 is 16.5 Å². The number of nitrogens with zero attached hydrogens (tertiary/aromatic N) is 3. The van der Waals surface area contributed by atoms with E-state index in [9.17, 15) is 13.2 Å². The van der Waals surface area contributed by atoms with Crippen LogP contribution < -0.4 is 10.6 Å². The van der Waals surface area contributed by atoms with E-state index in [2.05, 4.69) is 10.2 Å². The van der Waals surface area contributed by atoms with Crippen molar-refractivity contribution < 1.29 is 13.2 Å². The molecule has 0 amide bonds. The van der Waals surface area contributed by atoms with Gasteiger partial charge in [0.05, 0.1) is 0 Å². The van der Waals surface area contributed by atoms with Crippen molar-refractivity contribution in [3.63, 3.8) is 0 Å². The summed E-state index contributed by atoms with van der Waals surface area (Å²) in [6.45, 7) is 0.861. The van der Waals surface area contributed by atoms with Crippen molar-refractivity contribution in [2.75, 3.05) is 11.4 Å². The molecule has 21 heavy (non-hydrogen) atoms. The fourth-order valence-corrected chi connectivity index (χ4v) is 3.25. The van der Waals surface area contributed by atoms with E-state index in [0.717, 1.165) is 5.56 Å². The van der Waals surface area contributed by atoms with Crippen molar-refractivity contribution in [1.29, 1.82) is 0 Å². The van der Waals surface area contributed by atoms with Crippen LogP contribution in [0, 0.1) is 0 Å². The van der Waals surface area contributed by atoms with E-state index in [1.165, 1.54) is 5.56 Å². The van der Waals surface area contributed by atoms with Gasteiger partial charge in [-0.3, -0.25) is 0 Å². The van der Waals surface area contributed by atoms with Crippen LogP contribution >= 0.6 is 11.3 Å². The second-order valence-electron chi connectivity index (χ2n) is 4.88. The van der Waals surface area contributed by atoms with E-state index in [1.807, 2.05) is 29.2 Å². The Hall–Kier alpha value is -1.67. The van der Waals surface area contributed by atoms with Crippen molar-refractivity contribution in [3.05, 3.63) is 40.4 Å². The summed E-state index contributed by atoms with van der Waals surface area (Å²) >= 11 is 0.563. The second kappa shape index (κ2) is 5.27. The first-order chi connectivity index (χ1) is 9.99. The zero-order valence-electron chi connectivity index (χ0n) is 11.0. The molecule has 1 atom stereocenters. The fraction of sp³-hybridized carbons (Fsp3) is 0.385. The average Bonchev–Trinajstić information content (AvgIpc) is 2.95. The van der Waals surface area contributed by atoms with E-state index >= 15 is 0 Å². The third kappa shape index (κ3) is 2.73. The molecule has 8 heteroatoms. The molecular formula is C13H13F3N4S. The predicted molar refractivity (Wildman–Crippen MR) is 74.1 cm³/mol. The van der Waals surface area contributed by atoms with Gasteiger partial charge in [0.2, 0.25) is 10.1 Å². The third-order valence-electron chi connectivity index (χ3n) is 3.53. The van der Waals surface area contributed by atoms with Crippen molar-refractivity contribution in [2.45, 2.75) is 25.2 Å². The van der Waals surface area contributed by atoms with Gasteiger partial charge in [-0.25, -0.2) is 0 Å². The Morgan fingerprint density at radius 3 is 2.57 bits per heavy atom. The second-order valence-corrected chi connectivity index (χ2v) is 5.83. The number of benzene rings is 1.